The van der Waals surface area contributed by atoms with Gasteiger partial charge in [-0.25, -0.2) is 8.78 Å². The number of halogens is 3. The van der Waals surface area contributed by atoms with Crippen molar-refractivity contribution in [1.29, 1.82) is 0 Å². The Hall–Kier alpha value is -1.95. The van der Waals surface area contributed by atoms with Gasteiger partial charge in [0.05, 0.1) is 10.0 Å². The van der Waals surface area contributed by atoms with E-state index >= 15 is 0 Å². The number of hydrogen-bond acceptors (Lipinski definition) is 2. The third-order valence-electron chi connectivity index (χ3n) is 2.41. The van der Waals surface area contributed by atoms with Crippen LogP contribution in [0.3, 0.4) is 0 Å². The van der Waals surface area contributed by atoms with Crippen LogP contribution < -0.4 is 11.1 Å². The molecule has 6 heteroatoms. The maximum absolute atomic E-state index is 13.5. The second-order valence-electron chi connectivity index (χ2n) is 3.82. The molecule has 0 unspecified atom stereocenters. The Morgan fingerprint density at radius 2 is 1.79 bits per heavy atom. The van der Waals surface area contributed by atoms with Gasteiger partial charge in [0.25, 0.3) is 5.91 Å². The second kappa shape index (κ2) is 5.36. The molecule has 0 bridgehead atoms. The smallest absolute Gasteiger partial charge is 0.258 e. The zero-order valence-electron chi connectivity index (χ0n) is 9.58. The molecule has 0 saturated carbocycles. The van der Waals surface area contributed by atoms with Gasteiger partial charge in [-0.1, -0.05) is 0 Å². The molecule has 2 rings (SSSR count). The fraction of sp³-hybridized carbons (Fsp3) is 0. The predicted molar refractivity (Wildman–Crippen MR) is 72.9 cm³/mol. The highest BCUT2D eigenvalue weighted by atomic mass is 79.9. The second-order valence-corrected chi connectivity index (χ2v) is 4.68. The van der Waals surface area contributed by atoms with Crippen molar-refractivity contribution in [3.05, 3.63) is 58.1 Å². The van der Waals surface area contributed by atoms with E-state index in [9.17, 15) is 13.6 Å². The summed E-state index contributed by atoms with van der Waals surface area (Å²) in [6.45, 7) is 0. The SMILES string of the molecule is Nc1ccc(F)c(C(=O)Nc2ccc(F)c(Br)c2)c1. The molecule has 98 valence electrons. The Kier molecular flexibility index (Phi) is 3.80. The van der Waals surface area contributed by atoms with E-state index in [1.54, 1.807) is 0 Å². The minimum atomic E-state index is -0.673. The van der Waals surface area contributed by atoms with E-state index in [0.717, 1.165) is 6.07 Å². The molecule has 0 fully saturated rings. The van der Waals surface area contributed by atoms with Crippen LogP contribution in [0.1, 0.15) is 10.4 Å². The fourth-order valence-electron chi connectivity index (χ4n) is 1.49. The first-order valence-electron chi connectivity index (χ1n) is 5.29. The van der Waals surface area contributed by atoms with Gasteiger partial charge in [0.2, 0.25) is 0 Å². The van der Waals surface area contributed by atoms with Crippen molar-refractivity contribution >= 4 is 33.2 Å². The number of carbonyl (C=O) groups excluding carboxylic acids is 1. The van der Waals surface area contributed by atoms with Gasteiger partial charge in [0.1, 0.15) is 11.6 Å². The minimum absolute atomic E-state index is 0.166. The average Bonchev–Trinajstić information content (AvgIpc) is 2.36. The number of rotatable bonds is 2. The lowest BCUT2D eigenvalue weighted by Gasteiger charge is -2.07. The summed E-state index contributed by atoms with van der Waals surface area (Å²) in [4.78, 5) is 11.9. The number of nitrogen functional groups attached to an aromatic ring is 1. The monoisotopic (exact) mass is 326 g/mol. The third kappa shape index (κ3) is 3.08. The molecule has 1 amide bonds. The molecule has 19 heavy (non-hydrogen) atoms. The van der Waals surface area contributed by atoms with E-state index in [4.69, 9.17) is 5.73 Å². The number of anilines is 2. The van der Waals surface area contributed by atoms with Gasteiger partial charge in [-0.3, -0.25) is 4.79 Å². The number of nitrogens with two attached hydrogens (primary N) is 1. The van der Waals surface area contributed by atoms with Crippen LogP contribution >= 0.6 is 15.9 Å². The first kappa shape index (κ1) is 13.5. The number of nitrogens with one attached hydrogen (secondary N) is 1. The molecule has 0 heterocycles. The van der Waals surface area contributed by atoms with Crippen LogP contribution in [-0.4, -0.2) is 5.91 Å². The molecule has 0 radical (unpaired) electrons. The lowest BCUT2D eigenvalue weighted by Crippen LogP contribution is -2.14. The molecule has 0 aliphatic carbocycles. The van der Waals surface area contributed by atoms with E-state index in [1.807, 2.05) is 0 Å². The summed E-state index contributed by atoms with van der Waals surface area (Å²) in [5.74, 6) is -1.77. The van der Waals surface area contributed by atoms with Crippen molar-refractivity contribution in [2.75, 3.05) is 11.1 Å². The molecular weight excluding hydrogens is 318 g/mol. The quantitative estimate of drug-likeness (QED) is 0.829. The highest BCUT2D eigenvalue weighted by molar-refractivity contribution is 9.10. The minimum Gasteiger partial charge on any atom is -0.399 e. The largest absolute Gasteiger partial charge is 0.399 e. The van der Waals surface area contributed by atoms with Gasteiger partial charge in [-0.15, -0.1) is 0 Å². The predicted octanol–water partition coefficient (Wildman–Crippen LogP) is 3.56. The van der Waals surface area contributed by atoms with Crippen LogP contribution in [0.15, 0.2) is 40.9 Å². The summed E-state index contributed by atoms with van der Waals surface area (Å²) in [5.41, 5.74) is 5.96. The molecule has 0 atom stereocenters. The normalized spacial score (nSPS) is 10.3. The number of amides is 1. The number of carbonyl (C=O) groups is 1. The van der Waals surface area contributed by atoms with E-state index in [-0.39, 0.29) is 15.7 Å². The van der Waals surface area contributed by atoms with Crippen LogP contribution in [0.2, 0.25) is 0 Å². The van der Waals surface area contributed by atoms with Crippen LogP contribution in [-0.2, 0) is 0 Å². The molecule has 0 aliphatic rings. The maximum atomic E-state index is 13.5. The maximum Gasteiger partial charge on any atom is 0.258 e. The highest BCUT2D eigenvalue weighted by Gasteiger charge is 2.12. The molecule has 3 N–H and O–H groups in total. The van der Waals surface area contributed by atoms with Gasteiger partial charge in [0, 0.05) is 11.4 Å². The van der Waals surface area contributed by atoms with Crippen molar-refractivity contribution in [2.24, 2.45) is 0 Å². The molecule has 0 spiro atoms. The Bertz CT molecular complexity index is 647. The van der Waals surface area contributed by atoms with E-state index in [2.05, 4.69) is 21.2 Å². The third-order valence-corrected chi connectivity index (χ3v) is 3.02. The van der Waals surface area contributed by atoms with Crippen molar-refractivity contribution in [1.82, 2.24) is 0 Å². The summed E-state index contributed by atoms with van der Waals surface area (Å²) in [6.07, 6.45) is 0. The number of hydrogen-bond donors (Lipinski definition) is 2. The molecule has 0 saturated heterocycles. The zero-order valence-corrected chi connectivity index (χ0v) is 11.2. The fourth-order valence-corrected chi connectivity index (χ4v) is 1.87. The summed E-state index contributed by atoms with van der Waals surface area (Å²) in [5, 5.41) is 2.46. The average molecular weight is 327 g/mol. The summed E-state index contributed by atoms with van der Waals surface area (Å²) >= 11 is 3.00. The van der Waals surface area contributed by atoms with Crippen molar-refractivity contribution in [3.63, 3.8) is 0 Å². The first-order valence-corrected chi connectivity index (χ1v) is 6.08. The van der Waals surface area contributed by atoms with Gasteiger partial charge >= 0.3 is 0 Å². The van der Waals surface area contributed by atoms with Crippen LogP contribution in [0.5, 0.6) is 0 Å². The lowest BCUT2D eigenvalue weighted by molar-refractivity contribution is 0.102. The molecule has 0 aliphatic heterocycles. The summed E-state index contributed by atoms with van der Waals surface area (Å²) in [6, 6.07) is 7.67. The van der Waals surface area contributed by atoms with E-state index in [0.29, 0.717) is 5.69 Å². The molecule has 2 aromatic rings. The Morgan fingerprint density at radius 1 is 1.11 bits per heavy atom. The number of benzene rings is 2. The standard InChI is InChI=1S/C13H9BrF2N2O/c14-10-6-8(2-4-12(10)16)18-13(19)9-5-7(17)1-3-11(9)15/h1-6H,17H2,(H,18,19). The zero-order chi connectivity index (χ0) is 14.0. The first-order chi connectivity index (χ1) is 8.97. The van der Waals surface area contributed by atoms with Crippen molar-refractivity contribution in [2.45, 2.75) is 0 Å². The van der Waals surface area contributed by atoms with E-state index < -0.39 is 17.5 Å². The highest BCUT2D eigenvalue weighted by Crippen LogP contribution is 2.21. The van der Waals surface area contributed by atoms with E-state index in [1.165, 1.54) is 30.3 Å². The Balaban J connectivity index is 2.25. The van der Waals surface area contributed by atoms with Gasteiger partial charge in [0.15, 0.2) is 0 Å². The van der Waals surface area contributed by atoms with Crippen molar-refractivity contribution < 1.29 is 13.6 Å². The lowest BCUT2D eigenvalue weighted by atomic mass is 10.1. The summed E-state index contributed by atoms with van der Waals surface area (Å²) in [7, 11) is 0. The van der Waals surface area contributed by atoms with Crippen LogP contribution in [0.4, 0.5) is 20.2 Å². The molecule has 0 aromatic heterocycles. The topological polar surface area (TPSA) is 55.1 Å². The van der Waals surface area contributed by atoms with Gasteiger partial charge in [-0.2, -0.15) is 0 Å². The Morgan fingerprint density at radius 3 is 2.47 bits per heavy atom. The van der Waals surface area contributed by atoms with Crippen LogP contribution in [0.25, 0.3) is 0 Å². The van der Waals surface area contributed by atoms with Crippen LogP contribution in [0, 0.1) is 11.6 Å². The van der Waals surface area contributed by atoms with Crippen molar-refractivity contribution in [3.8, 4) is 0 Å². The van der Waals surface area contributed by atoms with Gasteiger partial charge in [-0.05, 0) is 52.3 Å². The Labute approximate surface area is 116 Å². The van der Waals surface area contributed by atoms with Gasteiger partial charge < -0.3 is 11.1 Å². The summed E-state index contributed by atoms with van der Waals surface area (Å²) < 4.78 is 26.7. The molecule has 2 aromatic carbocycles. The molecule has 3 nitrogen and oxygen atoms in total. The molecular formula is C13H9BrF2N2O.